The summed E-state index contributed by atoms with van der Waals surface area (Å²) in [5, 5.41) is 3.07. The molecule has 2 rings (SSSR count). The van der Waals surface area contributed by atoms with Crippen molar-refractivity contribution >= 4 is 5.69 Å². The van der Waals surface area contributed by atoms with Crippen LogP contribution in [0.15, 0.2) is 42.5 Å². The van der Waals surface area contributed by atoms with Crippen molar-refractivity contribution in [2.75, 3.05) is 12.4 Å². The van der Waals surface area contributed by atoms with Gasteiger partial charge in [0, 0.05) is 12.7 Å². The first-order chi connectivity index (χ1) is 7.69. The average molecular weight is 215 g/mol. The number of hydrogen-bond donors (Lipinski definition) is 1. The van der Waals surface area contributed by atoms with Gasteiger partial charge in [-0.2, -0.15) is 0 Å². The monoisotopic (exact) mass is 215 g/mol. The van der Waals surface area contributed by atoms with Crippen molar-refractivity contribution in [3.05, 3.63) is 53.8 Å². The zero-order valence-corrected chi connectivity index (χ0v) is 9.42. The van der Waals surface area contributed by atoms with E-state index in [1.54, 1.807) is 6.07 Å². The van der Waals surface area contributed by atoms with Crippen LogP contribution in [0.1, 0.15) is 5.56 Å². The highest BCUT2D eigenvalue weighted by molar-refractivity contribution is 5.68. The van der Waals surface area contributed by atoms with Crippen LogP contribution >= 0.6 is 0 Å². The van der Waals surface area contributed by atoms with Gasteiger partial charge in [-0.15, -0.1) is 0 Å². The lowest BCUT2D eigenvalue weighted by Crippen LogP contribution is -1.88. The van der Waals surface area contributed by atoms with Gasteiger partial charge in [-0.3, -0.25) is 0 Å². The van der Waals surface area contributed by atoms with Crippen molar-refractivity contribution < 1.29 is 4.39 Å². The van der Waals surface area contributed by atoms with Gasteiger partial charge in [-0.05, 0) is 47.9 Å². The van der Waals surface area contributed by atoms with Gasteiger partial charge in [0.05, 0.1) is 0 Å². The fourth-order valence-electron chi connectivity index (χ4n) is 1.76. The molecule has 0 radical (unpaired) electrons. The molecule has 0 aliphatic rings. The number of benzene rings is 2. The largest absolute Gasteiger partial charge is 0.388 e. The summed E-state index contributed by atoms with van der Waals surface area (Å²) >= 11 is 0. The summed E-state index contributed by atoms with van der Waals surface area (Å²) < 4.78 is 13.3. The van der Waals surface area contributed by atoms with Crippen LogP contribution in [0.25, 0.3) is 11.1 Å². The second-order valence-corrected chi connectivity index (χ2v) is 3.85. The Morgan fingerprint density at radius 3 is 2.50 bits per heavy atom. The highest BCUT2D eigenvalue weighted by atomic mass is 19.1. The minimum absolute atomic E-state index is 0.190. The molecule has 0 saturated carbocycles. The van der Waals surface area contributed by atoms with Crippen molar-refractivity contribution in [1.82, 2.24) is 0 Å². The zero-order chi connectivity index (χ0) is 11.5. The summed E-state index contributed by atoms with van der Waals surface area (Å²) in [5.41, 5.74) is 3.90. The van der Waals surface area contributed by atoms with Crippen molar-refractivity contribution in [3.8, 4) is 11.1 Å². The quantitative estimate of drug-likeness (QED) is 0.802. The van der Waals surface area contributed by atoms with Crippen molar-refractivity contribution in [2.45, 2.75) is 6.92 Å². The number of anilines is 1. The molecule has 0 aliphatic carbocycles. The number of rotatable bonds is 2. The third-order valence-electron chi connectivity index (χ3n) is 2.53. The maximum Gasteiger partial charge on any atom is 0.124 e. The standard InChI is InChI=1S/C14H14FN/c1-10-6-12(8-13(15)7-10)11-4-3-5-14(9-11)16-2/h3-9,16H,1-2H3. The van der Waals surface area contributed by atoms with Gasteiger partial charge in [-0.25, -0.2) is 4.39 Å². The van der Waals surface area contributed by atoms with Gasteiger partial charge in [0.1, 0.15) is 5.82 Å². The van der Waals surface area contributed by atoms with E-state index in [-0.39, 0.29) is 5.82 Å². The SMILES string of the molecule is CNc1cccc(-c2cc(C)cc(F)c2)c1. The van der Waals surface area contributed by atoms with E-state index in [0.29, 0.717) is 0 Å². The lowest BCUT2D eigenvalue weighted by molar-refractivity contribution is 0.627. The fraction of sp³-hybridized carbons (Fsp3) is 0.143. The van der Waals surface area contributed by atoms with Crippen LogP contribution in [-0.2, 0) is 0 Å². The molecule has 0 saturated heterocycles. The van der Waals surface area contributed by atoms with E-state index in [4.69, 9.17) is 0 Å². The number of hydrogen-bond acceptors (Lipinski definition) is 1. The van der Waals surface area contributed by atoms with E-state index in [0.717, 1.165) is 22.4 Å². The normalized spacial score (nSPS) is 10.2. The van der Waals surface area contributed by atoms with Gasteiger partial charge in [-0.1, -0.05) is 18.2 Å². The summed E-state index contributed by atoms with van der Waals surface area (Å²) in [4.78, 5) is 0. The molecule has 0 bridgehead atoms. The molecule has 0 atom stereocenters. The molecule has 0 amide bonds. The zero-order valence-electron chi connectivity index (χ0n) is 9.42. The summed E-state index contributed by atoms with van der Waals surface area (Å²) in [6, 6.07) is 13.0. The molecule has 0 aliphatic heterocycles. The first kappa shape index (κ1) is 10.7. The lowest BCUT2D eigenvalue weighted by atomic mass is 10.0. The van der Waals surface area contributed by atoms with Crippen LogP contribution in [0.3, 0.4) is 0 Å². The van der Waals surface area contributed by atoms with Gasteiger partial charge in [0.25, 0.3) is 0 Å². The van der Waals surface area contributed by atoms with E-state index < -0.39 is 0 Å². The molecule has 1 nitrogen and oxygen atoms in total. The van der Waals surface area contributed by atoms with E-state index >= 15 is 0 Å². The summed E-state index contributed by atoms with van der Waals surface area (Å²) in [5.74, 6) is -0.190. The Hall–Kier alpha value is -1.83. The lowest BCUT2D eigenvalue weighted by Gasteiger charge is -2.06. The predicted octanol–water partition coefficient (Wildman–Crippen LogP) is 3.84. The van der Waals surface area contributed by atoms with Crippen LogP contribution in [0.5, 0.6) is 0 Å². The Labute approximate surface area is 94.9 Å². The van der Waals surface area contributed by atoms with E-state index in [9.17, 15) is 4.39 Å². The van der Waals surface area contributed by atoms with Crippen LogP contribution in [0.2, 0.25) is 0 Å². The highest BCUT2D eigenvalue weighted by Crippen LogP contribution is 2.24. The first-order valence-electron chi connectivity index (χ1n) is 5.24. The minimum atomic E-state index is -0.190. The second kappa shape index (κ2) is 4.35. The molecule has 0 heterocycles. The predicted molar refractivity (Wildman–Crippen MR) is 66.1 cm³/mol. The summed E-state index contributed by atoms with van der Waals surface area (Å²) in [6.45, 7) is 1.90. The third kappa shape index (κ3) is 2.22. The molecule has 0 fully saturated rings. The van der Waals surface area contributed by atoms with Crippen LogP contribution in [-0.4, -0.2) is 7.05 Å². The highest BCUT2D eigenvalue weighted by Gasteiger charge is 2.01. The third-order valence-corrected chi connectivity index (χ3v) is 2.53. The van der Waals surface area contributed by atoms with Gasteiger partial charge < -0.3 is 5.32 Å². The molecule has 82 valence electrons. The van der Waals surface area contributed by atoms with Gasteiger partial charge in [0.15, 0.2) is 0 Å². The molecule has 0 aromatic heterocycles. The fourth-order valence-corrected chi connectivity index (χ4v) is 1.76. The van der Waals surface area contributed by atoms with E-state index in [2.05, 4.69) is 5.32 Å². The Bertz CT molecular complexity index is 486. The topological polar surface area (TPSA) is 12.0 Å². The maximum absolute atomic E-state index is 13.3. The molecule has 2 aromatic carbocycles. The molecule has 2 heteroatoms. The van der Waals surface area contributed by atoms with E-state index in [1.807, 2.05) is 44.3 Å². The average Bonchev–Trinajstić information content (AvgIpc) is 2.28. The van der Waals surface area contributed by atoms with E-state index in [1.165, 1.54) is 6.07 Å². The smallest absolute Gasteiger partial charge is 0.124 e. The first-order valence-corrected chi connectivity index (χ1v) is 5.24. The molecular formula is C14H14FN. The Balaban J connectivity index is 2.49. The Kier molecular flexibility index (Phi) is 2.91. The van der Waals surface area contributed by atoms with Gasteiger partial charge in [0.2, 0.25) is 0 Å². The molecule has 2 aromatic rings. The van der Waals surface area contributed by atoms with Crippen LogP contribution < -0.4 is 5.32 Å². The molecule has 0 spiro atoms. The molecule has 1 N–H and O–H groups in total. The van der Waals surface area contributed by atoms with Crippen molar-refractivity contribution in [1.29, 1.82) is 0 Å². The van der Waals surface area contributed by atoms with Crippen LogP contribution in [0.4, 0.5) is 10.1 Å². The van der Waals surface area contributed by atoms with Gasteiger partial charge >= 0.3 is 0 Å². The van der Waals surface area contributed by atoms with Crippen molar-refractivity contribution in [2.24, 2.45) is 0 Å². The molecular weight excluding hydrogens is 201 g/mol. The maximum atomic E-state index is 13.3. The number of aryl methyl sites for hydroxylation is 1. The Morgan fingerprint density at radius 2 is 1.81 bits per heavy atom. The van der Waals surface area contributed by atoms with Crippen molar-refractivity contribution in [3.63, 3.8) is 0 Å². The molecule has 16 heavy (non-hydrogen) atoms. The number of halogens is 1. The summed E-state index contributed by atoms with van der Waals surface area (Å²) in [6.07, 6.45) is 0. The Morgan fingerprint density at radius 1 is 1.00 bits per heavy atom. The molecule has 0 unspecified atom stereocenters. The number of nitrogens with one attached hydrogen (secondary N) is 1. The summed E-state index contributed by atoms with van der Waals surface area (Å²) in [7, 11) is 1.87. The van der Waals surface area contributed by atoms with Crippen LogP contribution in [0, 0.1) is 12.7 Å². The minimum Gasteiger partial charge on any atom is -0.388 e. The second-order valence-electron chi connectivity index (χ2n) is 3.85.